The summed E-state index contributed by atoms with van der Waals surface area (Å²) in [5, 5.41) is 16.7. The van der Waals surface area contributed by atoms with Crippen molar-refractivity contribution in [2.75, 3.05) is 0 Å². The molecule has 0 atom stereocenters. The van der Waals surface area contributed by atoms with E-state index in [2.05, 4.69) is 52.1 Å². The zero-order valence-electron chi connectivity index (χ0n) is 13.9. The van der Waals surface area contributed by atoms with Crippen LogP contribution < -0.4 is 10.5 Å². The first-order chi connectivity index (χ1) is 8.45. The zero-order valence-corrected chi connectivity index (χ0v) is 13.9. The maximum absolute atomic E-state index is 9.59. The van der Waals surface area contributed by atoms with Crippen LogP contribution in [-0.4, -0.2) is 29.2 Å². The second kappa shape index (κ2) is 5.75. The second-order valence-electron chi connectivity index (χ2n) is 8.15. The lowest BCUT2D eigenvalue weighted by atomic mass is 9.72. The highest BCUT2D eigenvalue weighted by Gasteiger charge is 2.40. The highest BCUT2D eigenvalue weighted by molar-refractivity contribution is 6.45. The van der Waals surface area contributed by atoms with Gasteiger partial charge in [0.1, 0.15) is 0 Å². The van der Waals surface area contributed by atoms with Crippen molar-refractivity contribution in [3.8, 4) is 0 Å². The number of hydrogen-bond donors (Lipinski definition) is 3. The zero-order chi connectivity index (χ0) is 14.9. The third-order valence-corrected chi connectivity index (χ3v) is 5.04. The minimum atomic E-state index is -0.485. The van der Waals surface area contributed by atoms with E-state index in [4.69, 9.17) is 0 Å². The molecule has 0 saturated heterocycles. The Labute approximate surface area is 120 Å². The molecule has 3 N–H and O–H groups in total. The minimum absolute atomic E-state index is 0.0594. The van der Waals surface area contributed by atoms with E-state index in [0.717, 1.165) is 0 Å². The van der Waals surface area contributed by atoms with E-state index < -0.39 is 7.05 Å². The molecule has 0 aromatic carbocycles. The Balaban J connectivity index is 2.59. The van der Waals surface area contributed by atoms with Crippen LogP contribution in [0.5, 0.6) is 0 Å². The van der Waals surface area contributed by atoms with Gasteiger partial charge >= 0.3 is 7.05 Å². The molecule has 0 unspecified atom stereocenters. The Morgan fingerprint density at radius 1 is 1.05 bits per heavy atom. The summed E-state index contributed by atoms with van der Waals surface area (Å²) in [5.41, 5.74) is 0.292. The first kappa shape index (κ1) is 17.0. The van der Waals surface area contributed by atoms with Gasteiger partial charge < -0.3 is 15.6 Å². The lowest BCUT2D eigenvalue weighted by molar-refractivity contribution is 0.143. The van der Waals surface area contributed by atoms with Gasteiger partial charge in [-0.05, 0) is 65.6 Å². The smallest absolute Gasteiger partial charge is 0.374 e. The first-order valence-corrected chi connectivity index (χ1v) is 7.69. The number of hydrogen-bond acceptors (Lipinski definition) is 3. The maximum atomic E-state index is 9.59. The van der Waals surface area contributed by atoms with E-state index in [1.165, 1.54) is 25.7 Å². The van der Waals surface area contributed by atoms with E-state index in [0.29, 0.717) is 11.5 Å². The molecular weight excluding hydrogens is 235 g/mol. The molecule has 19 heavy (non-hydrogen) atoms. The average Bonchev–Trinajstić information content (AvgIpc) is 2.19. The maximum Gasteiger partial charge on any atom is 0.374 e. The summed E-state index contributed by atoms with van der Waals surface area (Å²) < 4.78 is 0. The summed E-state index contributed by atoms with van der Waals surface area (Å²) in [4.78, 5) is 0. The van der Waals surface area contributed by atoms with Gasteiger partial charge in [0.05, 0.1) is 0 Å². The van der Waals surface area contributed by atoms with Crippen LogP contribution in [0.4, 0.5) is 0 Å². The van der Waals surface area contributed by atoms with Gasteiger partial charge in [-0.3, -0.25) is 0 Å². The van der Waals surface area contributed by atoms with Crippen LogP contribution in [0.3, 0.4) is 0 Å². The van der Waals surface area contributed by atoms with Gasteiger partial charge in [0, 0.05) is 17.1 Å². The average molecular weight is 268 g/mol. The van der Waals surface area contributed by atoms with E-state index in [1.54, 1.807) is 6.82 Å². The molecule has 0 heterocycles. The van der Waals surface area contributed by atoms with Crippen molar-refractivity contribution < 1.29 is 5.02 Å². The van der Waals surface area contributed by atoms with Crippen molar-refractivity contribution >= 4 is 7.05 Å². The Kier molecular flexibility index (Phi) is 5.14. The van der Waals surface area contributed by atoms with Crippen molar-refractivity contribution in [1.82, 2.24) is 10.5 Å². The van der Waals surface area contributed by atoms with Crippen molar-refractivity contribution in [2.24, 2.45) is 5.41 Å². The lowest BCUT2D eigenvalue weighted by Crippen LogP contribution is -2.67. The molecule has 0 bridgehead atoms. The van der Waals surface area contributed by atoms with Crippen LogP contribution in [0.15, 0.2) is 0 Å². The standard InChI is InChI=1S/C15H33BN2O/c1-13(2)10-8-12(9-11-13)17-14(3,4)15(5,6)18-16(7)19/h12,17-19H,8-11H2,1-7H3. The predicted octanol–water partition coefficient (Wildman–Crippen LogP) is 2.80. The van der Waals surface area contributed by atoms with Crippen molar-refractivity contribution in [3.05, 3.63) is 0 Å². The van der Waals surface area contributed by atoms with Gasteiger partial charge in [0.2, 0.25) is 0 Å². The third-order valence-electron chi connectivity index (χ3n) is 5.04. The summed E-state index contributed by atoms with van der Waals surface area (Å²) >= 11 is 0. The molecular formula is C15H33BN2O. The highest BCUT2D eigenvalue weighted by Crippen LogP contribution is 2.36. The normalized spacial score (nSPS) is 21.5. The molecule has 1 rings (SSSR count). The van der Waals surface area contributed by atoms with Crippen LogP contribution in [0, 0.1) is 5.41 Å². The third kappa shape index (κ3) is 4.76. The van der Waals surface area contributed by atoms with Crippen LogP contribution in [-0.2, 0) is 0 Å². The highest BCUT2D eigenvalue weighted by atomic mass is 16.2. The van der Waals surface area contributed by atoms with Gasteiger partial charge in [0.15, 0.2) is 0 Å². The van der Waals surface area contributed by atoms with E-state index >= 15 is 0 Å². The van der Waals surface area contributed by atoms with Gasteiger partial charge in [-0.1, -0.05) is 13.8 Å². The fourth-order valence-electron chi connectivity index (χ4n) is 2.94. The molecule has 1 saturated carbocycles. The van der Waals surface area contributed by atoms with Crippen molar-refractivity contribution in [2.45, 2.75) is 91.2 Å². The fraction of sp³-hybridized carbons (Fsp3) is 1.00. The van der Waals surface area contributed by atoms with Crippen LogP contribution in [0.2, 0.25) is 6.82 Å². The second-order valence-corrected chi connectivity index (χ2v) is 8.15. The largest absolute Gasteiger partial charge is 0.437 e. The molecule has 0 aromatic rings. The quantitative estimate of drug-likeness (QED) is 0.672. The molecule has 0 spiro atoms. The van der Waals surface area contributed by atoms with E-state index in [-0.39, 0.29) is 11.1 Å². The molecule has 0 amide bonds. The molecule has 0 radical (unpaired) electrons. The van der Waals surface area contributed by atoms with Gasteiger partial charge in [0.25, 0.3) is 0 Å². The molecule has 0 aromatic heterocycles. The van der Waals surface area contributed by atoms with E-state index in [9.17, 15) is 5.02 Å². The van der Waals surface area contributed by atoms with Gasteiger partial charge in [-0.2, -0.15) is 0 Å². The fourth-order valence-corrected chi connectivity index (χ4v) is 2.94. The first-order valence-electron chi connectivity index (χ1n) is 7.69. The molecule has 1 fully saturated rings. The SMILES string of the molecule is CB(O)NC(C)(C)C(C)(C)NC1CCC(C)(C)CC1. The monoisotopic (exact) mass is 268 g/mol. The molecule has 1 aliphatic rings. The van der Waals surface area contributed by atoms with Crippen LogP contribution in [0.1, 0.15) is 67.2 Å². The predicted molar refractivity (Wildman–Crippen MR) is 84.3 cm³/mol. The molecule has 3 nitrogen and oxygen atoms in total. The Bertz CT molecular complexity index is 291. The molecule has 4 heteroatoms. The number of rotatable bonds is 5. The van der Waals surface area contributed by atoms with Crippen LogP contribution >= 0.6 is 0 Å². The summed E-state index contributed by atoms with van der Waals surface area (Å²) in [6, 6.07) is 0.595. The minimum Gasteiger partial charge on any atom is -0.437 e. The van der Waals surface area contributed by atoms with Crippen molar-refractivity contribution in [3.63, 3.8) is 0 Å². The topological polar surface area (TPSA) is 44.3 Å². The van der Waals surface area contributed by atoms with Gasteiger partial charge in [-0.15, -0.1) is 0 Å². The van der Waals surface area contributed by atoms with Crippen molar-refractivity contribution in [1.29, 1.82) is 0 Å². The Hall–Kier alpha value is -0.0551. The van der Waals surface area contributed by atoms with Gasteiger partial charge in [-0.25, -0.2) is 0 Å². The summed E-state index contributed by atoms with van der Waals surface area (Å²) in [5.74, 6) is 0. The molecule has 0 aliphatic heterocycles. The van der Waals surface area contributed by atoms with E-state index in [1.807, 2.05) is 0 Å². The number of nitrogens with one attached hydrogen (secondary N) is 2. The lowest BCUT2D eigenvalue weighted by Gasteiger charge is -2.47. The Morgan fingerprint density at radius 3 is 1.95 bits per heavy atom. The summed E-state index contributed by atoms with van der Waals surface area (Å²) in [6.07, 6.45) is 5.10. The summed E-state index contributed by atoms with van der Waals surface area (Å²) in [7, 11) is -0.485. The molecule has 112 valence electrons. The summed E-state index contributed by atoms with van der Waals surface area (Å²) in [6.45, 7) is 15.3. The Morgan fingerprint density at radius 2 is 1.53 bits per heavy atom. The molecule has 1 aliphatic carbocycles. The van der Waals surface area contributed by atoms with Crippen LogP contribution in [0.25, 0.3) is 0 Å².